The maximum atomic E-state index is 12.5. The van der Waals surface area contributed by atoms with E-state index in [2.05, 4.69) is 10.2 Å². The Hall–Kier alpha value is -1.52. The molecule has 18 heavy (non-hydrogen) atoms. The van der Waals surface area contributed by atoms with Crippen LogP contribution < -0.4 is 5.73 Å². The SMILES string of the molecule is Cc1[nH]nc(C(=O)N2CCCC3CCCC32)c1N. The molecule has 1 amide bonds. The molecule has 3 rings (SSSR count). The average molecular weight is 248 g/mol. The second kappa shape index (κ2) is 4.30. The van der Waals surface area contributed by atoms with Crippen molar-refractivity contribution in [3.05, 3.63) is 11.4 Å². The highest BCUT2D eigenvalue weighted by Crippen LogP contribution is 2.37. The lowest BCUT2D eigenvalue weighted by molar-refractivity contribution is 0.0543. The summed E-state index contributed by atoms with van der Waals surface area (Å²) < 4.78 is 0. The summed E-state index contributed by atoms with van der Waals surface area (Å²) in [6.45, 7) is 2.69. The summed E-state index contributed by atoms with van der Waals surface area (Å²) in [5.41, 5.74) is 7.59. The van der Waals surface area contributed by atoms with Gasteiger partial charge in [-0.05, 0) is 38.5 Å². The van der Waals surface area contributed by atoms with Crippen LogP contribution in [-0.4, -0.2) is 33.6 Å². The molecule has 5 heteroatoms. The molecule has 1 saturated heterocycles. The Balaban J connectivity index is 1.85. The molecule has 1 saturated carbocycles. The van der Waals surface area contributed by atoms with E-state index in [9.17, 15) is 4.79 Å². The topological polar surface area (TPSA) is 75.0 Å². The van der Waals surface area contributed by atoms with Gasteiger partial charge in [0.05, 0.1) is 11.4 Å². The molecule has 2 atom stereocenters. The minimum absolute atomic E-state index is 0.00782. The normalized spacial score (nSPS) is 27.3. The molecule has 2 aliphatic rings. The predicted molar refractivity (Wildman–Crippen MR) is 69.1 cm³/mol. The molecule has 1 aliphatic carbocycles. The first-order valence-electron chi connectivity index (χ1n) is 6.80. The summed E-state index contributed by atoms with van der Waals surface area (Å²) in [5.74, 6) is 0.706. The third kappa shape index (κ3) is 1.69. The average Bonchev–Trinajstić information content (AvgIpc) is 2.96. The Morgan fingerprint density at radius 3 is 2.89 bits per heavy atom. The Kier molecular flexibility index (Phi) is 2.76. The van der Waals surface area contributed by atoms with E-state index in [1.54, 1.807) is 0 Å². The van der Waals surface area contributed by atoms with Crippen molar-refractivity contribution in [3.63, 3.8) is 0 Å². The highest BCUT2D eigenvalue weighted by atomic mass is 16.2. The lowest BCUT2D eigenvalue weighted by Gasteiger charge is -2.37. The van der Waals surface area contributed by atoms with Gasteiger partial charge in [-0.3, -0.25) is 9.89 Å². The highest BCUT2D eigenvalue weighted by Gasteiger charge is 2.38. The third-order valence-electron chi connectivity index (χ3n) is 4.45. The smallest absolute Gasteiger partial charge is 0.276 e. The van der Waals surface area contributed by atoms with Gasteiger partial charge in [-0.25, -0.2) is 0 Å². The number of nitrogens with zero attached hydrogens (tertiary/aromatic N) is 2. The monoisotopic (exact) mass is 248 g/mol. The van der Waals surface area contributed by atoms with Gasteiger partial charge in [0.25, 0.3) is 5.91 Å². The van der Waals surface area contributed by atoms with Gasteiger partial charge in [0.2, 0.25) is 0 Å². The first kappa shape index (κ1) is 11.6. The number of H-pyrrole nitrogens is 1. The number of piperidine rings is 1. The van der Waals surface area contributed by atoms with Gasteiger partial charge < -0.3 is 10.6 Å². The van der Waals surface area contributed by atoms with Crippen molar-refractivity contribution in [1.82, 2.24) is 15.1 Å². The number of hydrogen-bond acceptors (Lipinski definition) is 3. The molecule has 1 aliphatic heterocycles. The number of hydrogen-bond donors (Lipinski definition) is 2. The molecule has 1 aromatic heterocycles. The van der Waals surface area contributed by atoms with Crippen molar-refractivity contribution in [2.24, 2.45) is 5.92 Å². The second-order valence-electron chi connectivity index (χ2n) is 5.51. The van der Waals surface area contributed by atoms with Crippen molar-refractivity contribution in [2.45, 2.75) is 45.1 Å². The fraction of sp³-hybridized carbons (Fsp3) is 0.692. The molecule has 3 N–H and O–H groups in total. The second-order valence-corrected chi connectivity index (χ2v) is 5.51. The number of fused-ring (bicyclic) bond motifs is 1. The number of aromatic amines is 1. The third-order valence-corrected chi connectivity index (χ3v) is 4.45. The fourth-order valence-electron chi connectivity index (χ4n) is 3.44. The molecular weight excluding hydrogens is 228 g/mol. The molecular formula is C13H20N4O. The van der Waals surface area contributed by atoms with E-state index in [1.807, 2.05) is 11.8 Å². The molecule has 2 heterocycles. The van der Waals surface area contributed by atoms with Crippen molar-refractivity contribution < 1.29 is 4.79 Å². The predicted octanol–water partition coefficient (Wildman–Crippen LogP) is 1.71. The standard InChI is InChI=1S/C13H20N4O/c1-8-11(14)12(16-15-8)13(18)17-7-3-5-9-4-2-6-10(9)17/h9-10H,2-7,14H2,1H3,(H,15,16). The summed E-state index contributed by atoms with van der Waals surface area (Å²) in [5, 5.41) is 6.86. The van der Waals surface area contributed by atoms with Gasteiger partial charge in [-0.15, -0.1) is 0 Å². The number of carbonyl (C=O) groups excluding carboxylic acids is 1. The summed E-state index contributed by atoms with van der Waals surface area (Å²) in [6, 6.07) is 0.419. The number of aromatic nitrogens is 2. The Morgan fingerprint density at radius 1 is 1.39 bits per heavy atom. The van der Waals surface area contributed by atoms with Crippen LogP contribution in [0, 0.1) is 12.8 Å². The van der Waals surface area contributed by atoms with Gasteiger partial charge in [0.15, 0.2) is 5.69 Å². The minimum Gasteiger partial charge on any atom is -0.395 e. The van der Waals surface area contributed by atoms with Crippen molar-refractivity contribution in [3.8, 4) is 0 Å². The number of rotatable bonds is 1. The number of nitrogens with one attached hydrogen (secondary N) is 1. The zero-order valence-corrected chi connectivity index (χ0v) is 10.8. The first-order chi connectivity index (χ1) is 8.68. The molecule has 0 bridgehead atoms. The van der Waals surface area contributed by atoms with Crippen molar-refractivity contribution in [2.75, 3.05) is 12.3 Å². The van der Waals surface area contributed by atoms with E-state index in [4.69, 9.17) is 5.73 Å². The van der Waals surface area contributed by atoms with Crippen LogP contribution in [0.3, 0.4) is 0 Å². The van der Waals surface area contributed by atoms with E-state index in [0.29, 0.717) is 23.3 Å². The quantitative estimate of drug-likeness (QED) is 0.794. The molecule has 0 radical (unpaired) electrons. The fourth-order valence-corrected chi connectivity index (χ4v) is 3.44. The molecule has 0 spiro atoms. The van der Waals surface area contributed by atoms with Crippen LogP contribution in [0.1, 0.15) is 48.3 Å². The van der Waals surface area contributed by atoms with Crippen LogP contribution in [-0.2, 0) is 0 Å². The number of nitrogen functional groups attached to an aromatic ring is 1. The van der Waals surface area contributed by atoms with Crippen molar-refractivity contribution in [1.29, 1.82) is 0 Å². The number of carbonyl (C=O) groups is 1. The first-order valence-corrected chi connectivity index (χ1v) is 6.80. The van der Waals surface area contributed by atoms with E-state index in [-0.39, 0.29) is 5.91 Å². The van der Waals surface area contributed by atoms with Crippen LogP contribution in [0.4, 0.5) is 5.69 Å². The lowest BCUT2D eigenvalue weighted by atomic mass is 9.91. The number of anilines is 1. The Morgan fingerprint density at radius 2 is 2.17 bits per heavy atom. The van der Waals surface area contributed by atoms with Crippen LogP contribution >= 0.6 is 0 Å². The van der Waals surface area contributed by atoms with E-state index >= 15 is 0 Å². The van der Waals surface area contributed by atoms with Crippen LogP contribution in [0.15, 0.2) is 0 Å². The molecule has 0 aromatic carbocycles. The molecule has 2 unspecified atom stereocenters. The van der Waals surface area contributed by atoms with E-state index in [1.165, 1.54) is 19.3 Å². The van der Waals surface area contributed by atoms with Crippen LogP contribution in [0.25, 0.3) is 0 Å². The van der Waals surface area contributed by atoms with Crippen LogP contribution in [0.2, 0.25) is 0 Å². The summed E-state index contributed by atoms with van der Waals surface area (Å²) in [7, 11) is 0. The van der Waals surface area contributed by atoms with E-state index < -0.39 is 0 Å². The molecule has 5 nitrogen and oxygen atoms in total. The molecule has 98 valence electrons. The van der Waals surface area contributed by atoms with Gasteiger partial charge in [0.1, 0.15) is 0 Å². The summed E-state index contributed by atoms with van der Waals surface area (Å²) in [6.07, 6.45) is 6.02. The zero-order valence-electron chi connectivity index (χ0n) is 10.8. The summed E-state index contributed by atoms with van der Waals surface area (Å²) in [4.78, 5) is 14.5. The zero-order chi connectivity index (χ0) is 12.7. The number of aryl methyl sites for hydroxylation is 1. The maximum Gasteiger partial charge on any atom is 0.276 e. The molecule has 2 fully saturated rings. The van der Waals surface area contributed by atoms with Gasteiger partial charge in [0, 0.05) is 12.6 Å². The number of likely N-dealkylation sites (tertiary alicyclic amines) is 1. The minimum atomic E-state index is 0.00782. The number of amides is 1. The van der Waals surface area contributed by atoms with Gasteiger partial charge >= 0.3 is 0 Å². The number of nitrogens with two attached hydrogens (primary N) is 1. The maximum absolute atomic E-state index is 12.5. The van der Waals surface area contributed by atoms with Crippen molar-refractivity contribution >= 4 is 11.6 Å². The Bertz CT molecular complexity index is 468. The van der Waals surface area contributed by atoms with Crippen LogP contribution in [0.5, 0.6) is 0 Å². The summed E-state index contributed by atoms with van der Waals surface area (Å²) >= 11 is 0. The highest BCUT2D eigenvalue weighted by molar-refractivity contribution is 5.97. The lowest BCUT2D eigenvalue weighted by Crippen LogP contribution is -2.46. The largest absolute Gasteiger partial charge is 0.395 e. The molecule has 1 aromatic rings. The Labute approximate surface area is 107 Å². The van der Waals surface area contributed by atoms with Gasteiger partial charge in [-0.1, -0.05) is 6.42 Å². The van der Waals surface area contributed by atoms with Gasteiger partial charge in [-0.2, -0.15) is 5.10 Å². The van der Waals surface area contributed by atoms with E-state index in [0.717, 1.165) is 25.1 Å².